The maximum atomic E-state index is 12.4. The van der Waals surface area contributed by atoms with Crippen molar-refractivity contribution in [3.05, 3.63) is 12.2 Å². The number of methoxy groups -OCH3 is 1. The van der Waals surface area contributed by atoms with E-state index in [4.69, 9.17) is 15.2 Å². The van der Waals surface area contributed by atoms with E-state index >= 15 is 0 Å². The molecule has 2 aromatic heterocycles. The molecule has 182 valence electrons. The summed E-state index contributed by atoms with van der Waals surface area (Å²) in [6.07, 6.45) is -2.62. The monoisotopic (exact) mass is 473 g/mol. The number of hydrogen-bond acceptors (Lipinski definition) is 10. The van der Waals surface area contributed by atoms with E-state index in [0.717, 1.165) is 12.8 Å². The number of nitrogens with zero attached hydrogens (tertiary/aromatic N) is 5. The van der Waals surface area contributed by atoms with Gasteiger partial charge in [0.2, 0.25) is 5.82 Å². The zero-order chi connectivity index (χ0) is 24.6. The van der Waals surface area contributed by atoms with Crippen LogP contribution in [0.2, 0.25) is 0 Å². The first-order chi connectivity index (χ1) is 16.2. The van der Waals surface area contributed by atoms with E-state index < -0.39 is 36.5 Å². The van der Waals surface area contributed by atoms with Crippen LogP contribution in [0.3, 0.4) is 0 Å². The van der Waals surface area contributed by atoms with Crippen LogP contribution < -0.4 is 11.1 Å². The Kier molecular flexibility index (Phi) is 6.56. The van der Waals surface area contributed by atoms with Crippen molar-refractivity contribution < 1.29 is 29.3 Å². The van der Waals surface area contributed by atoms with Crippen molar-refractivity contribution in [1.29, 1.82) is 0 Å². The second kappa shape index (κ2) is 9.41. The predicted octanol–water partition coefficient (Wildman–Crippen LogP) is -0.865. The molecule has 5 N–H and O–H groups in total. The molecule has 1 saturated heterocycles. The molecule has 1 aliphatic heterocycles. The SMILES string of the molecule is COC(=O)N(CC#Cc1nc(N)c2ncn(C3OC(C(=O)NC4CC4)C(O)C3O)c2n1)C(C)C. The average molecular weight is 473 g/mol. The van der Waals surface area contributed by atoms with Gasteiger partial charge < -0.3 is 30.7 Å². The number of amides is 2. The van der Waals surface area contributed by atoms with Gasteiger partial charge in [0.25, 0.3) is 5.91 Å². The number of nitrogens with two attached hydrogens (primary N) is 1. The quantitative estimate of drug-likeness (QED) is 0.399. The Labute approximate surface area is 195 Å². The van der Waals surface area contributed by atoms with Gasteiger partial charge in [0, 0.05) is 12.1 Å². The fourth-order valence-electron chi connectivity index (χ4n) is 3.58. The topological polar surface area (TPSA) is 178 Å². The lowest BCUT2D eigenvalue weighted by Crippen LogP contribution is -2.43. The van der Waals surface area contributed by atoms with Gasteiger partial charge in [0.1, 0.15) is 17.7 Å². The molecular weight excluding hydrogens is 446 g/mol. The second-order valence-corrected chi connectivity index (χ2v) is 8.46. The van der Waals surface area contributed by atoms with Crippen molar-refractivity contribution in [2.75, 3.05) is 19.4 Å². The minimum atomic E-state index is -1.43. The summed E-state index contributed by atoms with van der Waals surface area (Å²) < 4.78 is 11.8. The van der Waals surface area contributed by atoms with Gasteiger partial charge in [-0.15, -0.1) is 0 Å². The summed E-state index contributed by atoms with van der Waals surface area (Å²) in [6.45, 7) is 3.74. The standard InChI is InChI=1S/C21H27N7O6/c1-10(2)27(21(32)33-3)8-4-5-12-25-17(22)13-18(26-12)28(9-23-13)20-15(30)14(29)16(34-20)19(31)24-11-6-7-11/h9-11,14-16,20,29-30H,6-8H2,1-3H3,(H,24,31)(H2,22,25,26). The number of ether oxygens (including phenoxy) is 2. The molecule has 4 atom stereocenters. The van der Waals surface area contributed by atoms with Crippen LogP contribution in [-0.4, -0.2) is 90.7 Å². The Hall–Kier alpha value is -3.47. The van der Waals surface area contributed by atoms with Crippen LogP contribution in [0, 0.1) is 11.8 Å². The molecule has 34 heavy (non-hydrogen) atoms. The fraction of sp³-hybridized carbons (Fsp3) is 0.571. The van der Waals surface area contributed by atoms with Crippen LogP contribution in [-0.2, 0) is 14.3 Å². The zero-order valence-corrected chi connectivity index (χ0v) is 19.0. The third-order valence-corrected chi connectivity index (χ3v) is 5.63. The third-order valence-electron chi connectivity index (χ3n) is 5.63. The van der Waals surface area contributed by atoms with Gasteiger partial charge >= 0.3 is 6.09 Å². The number of nitrogens with one attached hydrogen (secondary N) is 1. The molecule has 13 heteroatoms. The summed E-state index contributed by atoms with van der Waals surface area (Å²) in [5.41, 5.74) is 6.48. The van der Waals surface area contributed by atoms with Gasteiger partial charge in [-0.2, -0.15) is 0 Å². The molecular formula is C21H27N7O6. The maximum Gasteiger partial charge on any atom is 0.410 e. The van der Waals surface area contributed by atoms with Gasteiger partial charge in [0.15, 0.2) is 23.8 Å². The van der Waals surface area contributed by atoms with Gasteiger partial charge in [-0.1, -0.05) is 5.92 Å². The number of rotatable bonds is 5. The molecule has 2 amide bonds. The first kappa shape index (κ1) is 23.7. The molecule has 4 rings (SSSR count). The van der Waals surface area contributed by atoms with Crippen LogP contribution in [0.1, 0.15) is 38.7 Å². The number of anilines is 1. The average Bonchev–Trinajstić information content (AvgIpc) is 3.43. The van der Waals surface area contributed by atoms with Gasteiger partial charge in [-0.05, 0) is 32.6 Å². The number of aliphatic hydroxyl groups is 2. The van der Waals surface area contributed by atoms with Crippen LogP contribution in [0.4, 0.5) is 10.6 Å². The summed E-state index contributed by atoms with van der Waals surface area (Å²) in [5.74, 6) is 5.23. The molecule has 2 fully saturated rings. The van der Waals surface area contributed by atoms with E-state index in [-0.39, 0.29) is 41.4 Å². The van der Waals surface area contributed by atoms with E-state index in [1.165, 1.54) is 22.9 Å². The number of carbonyl (C=O) groups is 2. The molecule has 0 aromatic carbocycles. The molecule has 2 aliphatic rings. The van der Waals surface area contributed by atoms with E-state index in [1.807, 2.05) is 13.8 Å². The van der Waals surface area contributed by atoms with Crippen molar-refractivity contribution in [2.45, 2.75) is 63.3 Å². The number of imidazole rings is 1. The molecule has 13 nitrogen and oxygen atoms in total. The minimum absolute atomic E-state index is 0.0535. The Morgan fingerprint density at radius 3 is 2.74 bits per heavy atom. The number of fused-ring (bicyclic) bond motifs is 1. The lowest BCUT2D eigenvalue weighted by molar-refractivity contribution is -0.137. The molecule has 2 aromatic rings. The lowest BCUT2D eigenvalue weighted by Gasteiger charge is -2.22. The fourth-order valence-corrected chi connectivity index (χ4v) is 3.58. The number of aliphatic hydroxyl groups excluding tert-OH is 2. The molecule has 0 bridgehead atoms. The number of nitrogen functional groups attached to an aromatic ring is 1. The van der Waals surface area contributed by atoms with Crippen molar-refractivity contribution in [3.63, 3.8) is 0 Å². The number of carbonyl (C=O) groups excluding carboxylic acids is 2. The van der Waals surface area contributed by atoms with E-state index in [9.17, 15) is 19.8 Å². The summed E-state index contributed by atoms with van der Waals surface area (Å²) >= 11 is 0. The molecule has 0 radical (unpaired) electrons. The summed E-state index contributed by atoms with van der Waals surface area (Å²) in [6, 6.07) is -0.0535. The van der Waals surface area contributed by atoms with Crippen molar-refractivity contribution in [1.82, 2.24) is 29.7 Å². The highest BCUT2D eigenvalue weighted by molar-refractivity contribution is 5.83. The zero-order valence-electron chi connectivity index (χ0n) is 19.0. The smallest absolute Gasteiger partial charge is 0.410 e. The summed E-state index contributed by atoms with van der Waals surface area (Å²) in [7, 11) is 1.29. The first-order valence-electron chi connectivity index (χ1n) is 10.9. The Bertz CT molecular complexity index is 1150. The second-order valence-electron chi connectivity index (χ2n) is 8.46. The summed E-state index contributed by atoms with van der Waals surface area (Å²) in [4.78, 5) is 38.4. The Morgan fingerprint density at radius 1 is 1.35 bits per heavy atom. The number of hydrogen-bond donors (Lipinski definition) is 4. The molecule has 3 heterocycles. The highest BCUT2D eigenvalue weighted by Crippen LogP contribution is 2.33. The van der Waals surface area contributed by atoms with Gasteiger partial charge in [0.05, 0.1) is 20.0 Å². The Balaban J connectivity index is 1.58. The third kappa shape index (κ3) is 4.60. The minimum Gasteiger partial charge on any atom is -0.453 e. The van der Waals surface area contributed by atoms with Gasteiger partial charge in [-0.3, -0.25) is 14.3 Å². The largest absolute Gasteiger partial charge is 0.453 e. The lowest BCUT2D eigenvalue weighted by atomic mass is 10.1. The predicted molar refractivity (Wildman–Crippen MR) is 118 cm³/mol. The van der Waals surface area contributed by atoms with Crippen LogP contribution in [0.5, 0.6) is 0 Å². The number of aromatic nitrogens is 4. The van der Waals surface area contributed by atoms with Crippen LogP contribution >= 0.6 is 0 Å². The highest BCUT2D eigenvalue weighted by Gasteiger charge is 2.48. The molecule has 0 spiro atoms. The van der Waals surface area contributed by atoms with Crippen LogP contribution in [0.25, 0.3) is 11.2 Å². The Morgan fingerprint density at radius 2 is 2.09 bits per heavy atom. The van der Waals surface area contributed by atoms with Crippen molar-refractivity contribution in [2.24, 2.45) is 0 Å². The van der Waals surface area contributed by atoms with Crippen LogP contribution in [0.15, 0.2) is 6.33 Å². The first-order valence-corrected chi connectivity index (χ1v) is 10.9. The molecule has 1 aliphatic carbocycles. The summed E-state index contributed by atoms with van der Waals surface area (Å²) in [5, 5.41) is 23.7. The van der Waals surface area contributed by atoms with E-state index in [0.29, 0.717) is 0 Å². The van der Waals surface area contributed by atoms with Crippen molar-refractivity contribution in [3.8, 4) is 11.8 Å². The highest BCUT2D eigenvalue weighted by atomic mass is 16.6. The maximum absolute atomic E-state index is 12.4. The van der Waals surface area contributed by atoms with E-state index in [2.05, 4.69) is 32.1 Å². The van der Waals surface area contributed by atoms with Gasteiger partial charge in [-0.25, -0.2) is 19.7 Å². The van der Waals surface area contributed by atoms with E-state index in [1.54, 1.807) is 0 Å². The molecule has 1 saturated carbocycles. The normalized spacial score (nSPS) is 24.1. The van der Waals surface area contributed by atoms with Crippen molar-refractivity contribution >= 4 is 29.0 Å². The molecule has 4 unspecified atom stereocenters.